The Hall–Kier alpha value is -1.57. The number of likely N-dealkylation sites (tertiary alicyclic amines) is 1. The number of hydrogen-bond donors (Lipinski definition) is 1. The van der Waals surface area contributed by atoms with E-state index in [2.05, 4.69) is 25.2 Å². The molecule has 2 aromatic rings. The van der Waals surface area contributed by atoms with Crippen molar-refractivity contribution in [3.8, 4) is 0 Å². The van der Waals surface area contributed by atoms with Crippen LogP contribution < -0.4 is 5.32 Å². The van der Waals surface area contributed by atoms with Crippen molar-refractivity contribution in [2.24, 2.45) is 0 Å². The molecular formula is C15H19N5OS. The van der Waals surface area contributed by atoms with Gasteiger partial charge in [0, 0.05) is 43.5 Å². The molecule has 1 spiro atoms. The number of anilines is 1. The molecular weight excluding hydrogens is 298 g/mol. The van der Waals surface area contributed by atoms with Crippen LogP contribution in [0.1, 0.15) is 17.8 Å². The van der Waals surface area contributed by atoms with Gasteiger partial charge in [-0.15, -0.1) is 11.3 Å². The summed E-state index contributed by atoms with van der Waals surface area (Å²) in [5.41, 5.74) is -0.0102. The van der Waals surface area contributed by atoms with Crippen LogP contribution in [-0.4, -0.2) is 51.2 Å². The van der Waals surface area contributed by atoms with E-state index in [1.54, 1.807) is 23.7 Å². The molecule has 2 aliphatic rings. The molecule has 22 heavy (non-hydrogen) atoms. The second-order valence-electron chi connectivity index (χ2n) is 6.00. The van der Waals surface area contributed by atoms with Crippen molar-refractivity contribution in [1.29, 1.82) is 0 Å². The Labute approximate surface area is 133 Å². The molecule has 2 saturated heterocycles. The highest BCUT2D eigenvalue weighted by atomic mass is 32.1. The number of rotatable bonds is 4. The van der Waals surface area contributed by atoms with Crippen LogP contribution >= 0.6 is 11.3 Å². The molecule has 2 aliphatic heterocycles. The van der Waals surface area contributed by atoms with Gasteiger partial charge in [-0.2, -0.15) is 0 Å². The van der Waals surface area contributed by atoms with Gasteiger partial charge < -0.3 is 10.1 Å². The Bertz CT molecular complexity index is 608. The first-order valence-corrected chi connectivity index (χ1v) is 8.48. The van der Waals surface area contributed by atoms with Crippen LogP contribution in [0.25, 0.3) is 0 Å². The second-order valence-corrected chi connectivity index (χ2v) is 6.98. The van der Waals surface area contributed by atoms with E-state index < -0.39 is 0 Å². The lowest BCUT2D eigenvalue weighted by Gasteiger charge is -2.23. The van der Waals surface area contributed by atoms with Crippen LogP contribution in [-0.2, 0) is 11.3 Å². The van der Waals surface area contributed by atoms with Crippen LogP contribution in [0.4, 0.5) is 5.95 Å². The average Bonchev–Trinajstić information content (AvgIpc) is 3.25. The minimum atomic E-state index is -0.0102. The van der Waals surface area contributed by atoms with Crippen molar-refractivity contribution in [2.75, 3.05) is 25.0 Å². The summed E-state index contributed by atoms with van der Waals surface area (Å²) in [6.07, 6.45) is 7.49. The van der Waals surface area contributed by atoms with Crippen LogP contribution in [0, 0.1) is 0 Å². The zero-order valence-electron chi connectivity index (χ0n) is 12.3. The van der Waals surface area contributed by atoms with E-state index in [0.717, 1.165) is 39.1 Å². The lowest BCUT2D eigenvalue weighted by molar-refractivity contribution is 0.0120. The Balaban J connectivity index is 1.34. The van der Waals surface area contributed by atoms with Gasteiger partial charge in [0.2, 0.25) is 5.95 Å². The van der Waals surface area contributed by atoms with E-state index in [1.807, 2.05) is 17.6 Å². The highest BCUT2D eigenvalue weighted by Gasteiger charge is 2.45. The first-order valence-electron chi connectivity index (χ1n) is 7.60. The standard InChI is InChI=1S/C15H19N5OS/c1-3-17-14(18-4-1)19-12-8-15(21-10-12)2-6-20(11-15)9-13-16-5-7-22-13/h1,3-5,7,12H,2,6,8-11H2,(H,17,18,19)/t12-,15+/m0/s1. The Kier molecular flexibility index (Phi) is 3.77. The normalized spacial score (nSPS) is 28.5. The molecule has 2 atom stereocenters. The minimum Gasteiger partial charge on any atom is -0.371 e. The molecule has 0 saturated carbocycles. The third-order valence-electron chi connectivity index (χ3n) is 4.35. The summed E-state index contributed by atoms with van der Waals surface area (Å²) in [6, 6.07) is 2.12. The van der Waals surface area contributed by atoms with Crippen LogP contribution in [0.5, 0.6) is 0 Å². The summed E-state index contributed by atoms with van der Waals surface area (Å²) in [6.45, 7) is 3.72. The predicted molar refractivity (Wildman–Crippen MR) is 84.8 cm³/mol. The lowest BCUT2D eigenvalue weighted by Crippen LogP contribution is -2.33. The van der Waals surface area contributed by atoms with E-state index in [-0.39, 0.29) is 5.60 Å². The topological polar surface area (TPSA) is 63.2 Å². The fourth-order valence-electron chi connectivity index (χ4n) is 3.36. The molecule has 0 unspecified atom stereocenters. The summed E-state index contributed by atoms with van der Waals surface area (Å²) in [4.78, 5) is 15.3. The fraction of sp³-hybridized carbons (Fsp3) is 0.533. The maximum Gasteiger partial charge on any atom is 0.222 e. The molecule has 0 aliphatic carbocycles. The van der Waals surface area contributed by atoms with E-state index >= 15 is 0 Å². The van der Waals surface area contributed by atoms with Crippen LogP contribution in [0.3, 0.4) is 0 Å². The SMILES string of the molecule is c1cnc(N[C@@H]2CO[C@]3(CCN(Cc4nccs4)C3)C2)nc1. The maximum absolute atomic E-state index is 6.16. The third kappa shape index (κ3) is 2.97. The third-order valence-corrected chi connectivity index (χ3v) is 5.11. The van der Waals surface area contributed by atoms with E-state index in [0.29, 0.717) is 12.0 Å². The summed E-state index contributed by atoms with van der Waals surface area (Å²) >= 11 is 1.72. The molecule has 6 nitrogen and oxygen atoms in total. The molecule has 4 rings (SSSR count). The van der Waals surface area contributed by atoms with Gasteiger partial charge in [-0.05, 0) is 12.5 Å². The van der Waals surface area contributed by atoms with Crippen LogP contribution in [0.15, 0.2) is 30.0 Å². The zero-order valence-corrected chi connectivity index (χ0v) is 13.1. The van der Waals surface area contributed by atoms with Gasteiger partial charge in [-0.1, -0.05) is 0 Å². The number of aromatic nitrogens is 3. The van der Waals surface area contributed by atoms with Gasteiger partial charge in [-0.25, -0.2) is 15.0 Å². The Morgan fingerprint density at radius 3 is 3.05 bits per heavy atom. The Morgan fingerprint density at radius 2 is 2.23 bits per heavy atom. The van der Waals surface area contributed by atoms with E-state index in [9.17, 15) is 0 Å². The molecule has 116 valence electrons. The molecule has 0 aromatic carbocycles. The van der Waals surface area contributed by atoms with Gasteiger partial charge in [0.1, 0.15) is 5.01 Å². The largest absolute Gasteiger partial charge is 0.371 e. The van der Waals surface area contributed by atoms with Gasteiger partial charge in [0.05, 0.1) is 24.8 Å². The highest BCUT2D eigenvalue weighted by Crippen LogP contribution is 2.36. The van der Waals surface area contributed by atoms with Crippen molar-refractivity contribution in [2.45, 2.75) is 31.0 Å². The fourth-order valence-corrected chi connectivity index (χ4v) is 4.02. The van der Waals surface area contributed by atoms with E-state index in [1.165, 1.54) is 5.01 Å². The monoisotopic (exact) mass is 317 g/mol. The average molecular weight is 317 g/mol. The second kappa shape index (κ2) is 5.91. The number of thiazole rings is 1. The molecule has 0 radical (unpaired) electrons. The number of nitrogens with zero attached hydrogens (tertiary/aromatic N) is 4. The van der Waals surface area contributed by atoms with Crippen molar-refractivity contribution in [3.63, 3.8) is 0 Å². The molecule has 4 heterocycles. The zero-order chi connectivity index (χ0) is 14.8. The molecule has 2 aromatic heterocycles. The highest BCUT2D eigenvalue weighted by molar-refractivity contribution is 7.09. The first-order chi connectivity index (χ1) is 10.8. The quantitative estimate of drug-likeness (QED) is 0.927. The van der Waals surface area contributed by atoms with Gasteiger partial charge in [0.25, 0.3) is 0 Å². The minimum absolute atomic E-state index is 0.0102. The molecule has 2 fully saturated rings. The first kappa shape index (κ1) is 14.0. The molecule has 1 N–H and O–H groups in total. The van der Waals surface area contributed by atoms with Crippen molar-refractivity contribution >= 4 is 17.3 Å². The van der Waals surface area contributed by atoms with Crippen LogP contribution in [0.2, 0.25) is 0 Å². The number of nitrogens with one attached hydrogen (secondary N) is 1. The van der Waals surface area contributed by atoms with Gasteiger partial charge >= 0.3 is 0 Å². The summed E-state index contributed by atoms with van der Waals surface area (Å²) in [5, 5.41) is 6.59. The summed E-state index contributed by atoms with van der Waals surface area (Å²) in [5.74, 6) is 0.686. The smallest absolute Gasteiger partial charge is 0.222 e. The molecule has 0 bridgehead atoms. The van der Waals surface area contributed by atoms with Crippen molar-refractivity contribution in [3.05, 3.63) is 35.0 Å². The Morgan fingerprint density at radius 1 is 1.32 bits per heavy atom. The number of ether oxygens (including phenoxy) is 1. The van der Waals surface area contributed by atoms with Gasteiger partial charge in [0.15, 0.2) is 0 Å². The van der Waals surface area contributed by atoms with E-state index in [4.69, 9.17) is 4.74 Å². The number of hydrogen-bond acceptors (Lipinski definition) is 7. The summed E-state index contributed by atoms with van der Waals surface area (Å²) < 4.78 is 6.16. The van der Waals surface area contributed by atoms with Crippen molar-refractivity contribution < 1.29 is 4.74 Å². The lowest BCUT2D eigenvalue weighted by atomic mass is 9.97. The molecule has 0 amide bonds. The van der Waals surface area contributed by atoms with Gasteiger partial charge in [-0.3, -0.25) is 4.90 Å². The van der Waals surface area contributed by atoms with Crippen molar-refractivity contribution in [1.82, 2.24) is 19.9 Å². The summed E-state index contributed by atoms with van der Waals surface area (Å²) in [7, 11) is 0. The molecule has 7 heteroatoms. The maximum atomic E-state index is 6.16. The predicted octanol–water partition coefficient (Wildman–Crippen LogP) is 1.78.